The third-order valence-corrected chi connectivity index (χ3v) is 7.60. The Labute approximate surface area is 149 Å². The smallest absolute Gasteiger partial charge is 0.313 e. The molecule has 0 aliphatic carbocycles. The molecule has 0 radical (unpaired) electrons. The van der Waals surface area contributed by atoms with E-state index in [1.165, 1.54) is 0 Å². The average molecular weight is 367 g/mol. The molecule has 2 aliphatic rings. The van der Waals surface area contributed by atoms with Gasteiger partial charge in [-0.1, -0.05) is 6.92 Å². The van der Waals surface area contributed by atoms with Crippen LogP contribution in [-0.4, -0.2) is 44.5 Å². The zero-order chi connectivity index (χ0) is 18.2. The highest BCUT2D eigenvalue weighted by Gasteiger charge is 2.63. The highest BCUT2D eigenvalue weighted by atomic mass is 32.2. The maximum Gasteiger partial charge on any atom is 0.313 e. The van der Waals surface area contributed by atoms with Gasteiger partial charge in [-0.15, -0.1) is 0 Å². The minimum Gasteiger partial charge on any atom is -0.497 e. The molecular weight excluding hydrogens is 342 g/mol. The van der Waals surface area contributed by atoms with Crippen LogP contribution >= 0.6 is 0 Å². The number of ether oxygens (including phenoxy) is 2. The minimum absolute atomic E-state index is 0.138. The largest absolute Gasteiger partial charge is 0.497 e. The van der Waals surface area contributed by atoms with Crippen LogP contribution in [0.15, 0.2) is 29.2 Å². The van der Waals surface area contributed by atoms with E-state index in [2.05, 4.69) is 0 Å². The van der Waals surface area contributed by atoms with Gasteiger partial charge in [0.25, 0.3) is 0 Å². The van der Waals surface area contributed by atoms with Crippen molar-refractivity contribution in [2.24, 2.45) is 5.41 Å². The second-order valence-corrected chi connectivity index (χ2v) is 8.53. The van der Waals surface area contributed by atoms with Crippen molar-refractivity contribution in [3.63, 3.8) is 0 Å². The van der Waals surface area contributed by atoms with E-state index in [1.54, 1.807) is 42.6 Å². The molecule has 0 saturated carbocycles. The molecule has 0 amide bonds. The van der Waals surface area contributed by atoms with Crippen LogP contribution in [0.2, 0.25) is 0 Å². The van der Waals surface area contributed by atoms with Crippen LogP contribution in [0.25, 0.3) is 0 Å². The summed E-state index contributed by atoms with van der Waals surface area (Å²) in [6.07, 6.45) is 2.62. The fourth-order valence-corrected chi connectivity index (χ4v) is 6.32. The molecule has 0 aromatic heterocycles. The summed E-state index contributed by atoms with van der Waals surface area (Å²) in [6.45, 7) is 4.03. The Balaban J connectivity index is 1.96. The van der Waals surface area contributed by atoms with Crippen molar-refractivity contribution in [3.8, 4) is 5.75 Å². The number of rotatable bonds is 6. The summed E-state index contributed by atoms with van der Waals surface area (Å²) < 4.78 is 38.4. The fourth-order valence-electron chi connectivity index (χ4n) is 4.38. The summed E-state index contributed by atoms with van der Waals surface area (Å²) in [4.78, 5) is 12.9. The molecule has 2 fully saturated rings. The van der Waals surface area contributed by atoms with E-state index in [1.807, 2.05) is 6.92 Å². The van der Waals surface area contributed by atoms with Gasteiger partial charge in [-0.25, -0.2) is 8.42 Å². The predicted octanol–water partition coefficient (Wildman–Crippen LogP) is 2.58. The molecule has 25 heavy (non-hydrogen) atoms. The van der Waals surface area contributed by atoms with E-state index in [0.717, 1.165) is 6.42 Å². The average Bonchev–Trinajstić information content (AvgIpc) is 3.19. The maximum absolute atomic E-state index is 13.2. The molecule has 1 aromatic carbocycles. The van der Waals surface area contributed by atoms with Crippen molar-refractivity contribution in [2.75, 3.05) is 13.7 Å². The molecule has 2 aliphatic heterocycles. The van der Waals surface area contributed by atoms with Gasteiger partial charge in [-0.05, 0) is 56.9 Å². The van der Waals surface area contributed by atoms with E-state index in [9.17, 15) is 13.2 Å². The van der Waals surface area contributed by atoms with Crippen molar-refractivity contribution in [2.45, 2.75) is 56.5 Å². The van der Waals surface area contributed by atoms with Crippen molar-refractivity contribution in [3.05, 3.63) is 24.3 Å². The Morgan fingerprint density at radius 3 is 2.48 bits per heavy atom. The summed E-state index contributed by atoms with van der Waals surface area (Å²) in [7, 11) is -2.12. The van der Waals surface area contributed by atoms with E-state index >= 15 is 0 Å². The molecule has 7 heteroatoms. The first-order valence-corrected chi connectivity index (χ1v) is 10.2. The van der Waals surface area contributed by atoms with Gasteiger partial charge < -0.3 is 9.47 Å². The van der Waals surface area contributed by atoms with Crippen LogP contribution < -0.4 is 4.74 Å². The van der Waals surface area contributed by atoms with Gasteiger partial charge in [0.05, 0.1) is 24.0 Å². The zero-order valence-corrected chi connectivity index (χ0v) is 15.7. The van der Waals surface area contributed by atoms with Crippen molar-refractivity contribution >= 4 is 16.0 Å². The number of nitrogens with zero attached hydrogens (tertiary/aromatic N) is 1. The number of carbonyl (C=O) groups excluding carboxylic acids is 1. The molecule has 6 nitrogen and oxygen atoms in total. The van der Waals surface area contributed by atoms with Gasteiger partial charge in [0.15, 0.2) is 0 Å². The van der Waals surface area contributed by atoms with Gasteiger partial charge >= 0.3 is 5.97 Å². The van der Waals surface area contributed by atoms with Crippen LogP contribution in [0.5, 0.6) is 5.75 Å². The van der Waals surface area contributed by atoms with E-state index in [4.69, 9.17) is 9.47 Å². The molecule has 3 atom stereocenters. The monoisotopic (exact) mass is 367 g/mol. The molecule has 2 bridgehead atoms. The van der Waals surface area contributed by atoms with Crippen LogP contribution in [0.1, 0.15) is 39.5 Å². The van der Waals surface area contributed by atoms with E-state index in [-0.39, 0.29) is 22.9 Å². The number of benzene rings is 1. The number of fused-ring (bicyclic) bond motifs is 2. The van der Waals surface area contributed by atoms with E-state index in [0.29, 0.717) is 31.6 Å². The number of methoxy groups -OCH3 is 1. The Kier molecular flexibility index (Phi) is 4.81. The molecule has 0 unspecified atom stereocenters. The number of carbonyl (C=O) groups is 1. The fraction of sp³-hybridized carbons (Fsp3) is 0.611. The normalized spacial score (nSPS) is 28.9. The Morgan fingerprint density at radius 2 is 1.92 bits per heavy atom. The molecule has 138 valence electrons. The first-order chi connectivity index (χ1) is 11.9. The Bertz CT molecular complexity index is 745. The lowest BCUT2D eigenvalue weighted by Gasteiger charge is -2.34. The van der Waals surface area contributed by atoms with E-state index < -0.39 is 15.4 Å². The molecule has 2 saturated heterocycles. The van der Waals surface area contributed by atoms with Crippen LogP contribution in [0.3, 0.4) is 0 Å². The highest BCUT2D eigenvalue weighted by Crippen LogP contribution is 2.54. The first kappa shape index (κ1) is 18.2. The molecule has 3 rings (SSSR count). The summed E-state index contributed by atoms with van der Waals surface area (Å²) >= 11 is 0. The third-order valence-electron chi connectivity index (χ3n) is 5.63. The number of hydrogen-bond acceptors (Lipinski definition) is 5. The lowest BCUT2D eigenvalue weighted by Crippen LogP contribution is -2.45. The van der Waals surface area contributed by atoms with Crippen LogP contribution in [0, 0.1) is 5.41 Å². The van der Waals surface area contributed by atoms with Crippen LogP contribution in [0.4, 0.5) is 0 Å². The Morgan fingerprint density at radius 1 is 1.24 bits per heavy atom. The Hall–Kier alpha value is -1.60. The number of esters is 1. The second-order valence-electron chi connectivity index (χ2n) is 6.69. The molecule has 1 aromatic rings. The molecule has 0 N–H and O–H groups in total. The van der Waals surface area contributed by atoms with Gasteiger partial charge in [0, 0.05) is 12.1 Å². The topological polar surface area (TPSA) is 72.9 Å². The predicted molar refractivity (Wildman–Crippen MR) is 92.8 cm³/mol. The molecule has 0 spiro atoms. The minimum atomic E-state index is -3.66. The summed E-state index contributed by atoms with van der Waals surface area (Å²) in [5.74, 6) is 0.345. The third kappa shape index (κ3) is 2.73. The zero-order valence-electron chi connectivity index (χ0n) is 14.9. The lowest BCUT2D eigenvalue weighted by atomic mass is 9.72. The van der Waals surface area contributed by atoms with Crippen LogP contribution in [-0.2, 0) is 19.6 Å². The van der Waals surface area contributed by atoms with Gasteiger partial charge in [0.1, 0.15) is 5.75 Å². The SMILES string of the molecule is CCOC(=O)[C@]1(CC)C[C@@H]2CC[C@H]1N2S(=O)(=O)c1ccc(OC)cc1. The lowest BCUT2D eigenvalue weighted by molar-refractivity contribution is -0.157. The van der Waals surface area contributed by atoms with Crippen molar-refractivity contribution in [1.29, 1.82) is 0 Å². The molecular formula is C18H25NO5S. The van der Waals surface area contributed by atoms with Gasteiger partial charge in [-0.2, -0.15) is 4.31 Å². The number of hydrogen-bond donors (Lipinski definition) is 0. The summed E-state index contributed by atoms with van der Waals surface area (Å²) in [6, 6.07) is 5.94. The summed E-state index contributed by atoms with van der Waals surface area (Å²) in [5, 5.41) is 0. The number of sulfonamides is 1. The highest BCUT2D eigenvalue weighted by molar-refractivity contribution is 7.89. The van der Waals surface area contributed by atoms with Crippen molar-refractivity contribution < 1.29 is 22.7 Å². The van der Waals surface area contributed by atoms with Crippen molar-refractivity contribution in [1.82, 2.24) is 4.31 Å². The maximum atomic E-state index is 13.2. The second kappa shape index (κ2) is 6.61. The van der Waals surface area contributed by atoms with Gasteiger partial charge in [-0.3, -0.25) is 4.79 Å². The standard InChI is InChI=1S/C18H25NO5S/c1-4-18(17(20)24-5-2)12-13-6-11-16(18)19(13)25(21,22)15-9-7-14(23-3)8-10-15/h7-10,13,16H,4-6,11-12H2,1-3H3/t13-,16+,18+/m0/s1. The quantitative estimate of drug-likeness (QED) is 0.723. The van der Waals surface area contributed by atoms with Gasteiger partial charge in [0.2, 0.25) is 10.0 Å². The summed E-state index contributed by atoms with van der Waals surface area (Å²) in [5.41, 5.74) is -0.724. The molecule has 2 heterocycles. The first-order valence-electron chi connectivity index (χ1n) is 8.75.